The van der Waals surface area contributed by atoms with Gasteiger partial charge in [0.2, 0.25) is 0 Å². The molecule has 0 spiro atoms. The van der Waals surface area contributed by atoms with Crippen molar-refractivity contribution < 1.29 is 27.4 Å². The van der Waals surface area contributed by atoms with Gasteiger partial charge in [-0.3, -0.25) is 0 Å². The third-order valence-electron chi connectivity index (χ3n) is 4.65. The Hall–Kier alpha value is 0.331. The van der Waals surface area contributed by atoms with Crippen molar-refractivity contribution in [3.8, 4) is 5.75 Å². The number of aryl methyl sites for hydroxylation is 1. The third kappa shape index (κ3) is 9.15. The molecule has 0 heterocycles. The number of rotatable bonds is 3. The topological polar surface area (TPSA) is 20.2 Å². The summed E-state index contributed by atoms with van der Waals surface area (Å²) in [7, 11) is -1.50. The summed E-state index contributed by atoms with van der Waals surface area (Å²) in [6.45, 7) is 17.7. The first-order valence-corrected chi connectivity index (χ1v) is 12.4. The van der Waals surface area contributed by atoms with Crippen LogP contribution in [-0.2, 0) is 19.2 Å². The first-order chi connectivity index (χ1) is 9.99. The van der Waals surface area contributed by atoms with Gasteiger partial charge in [0.1, 0.15) is 5.75 Å². The van der Waals surface area contributed by atoms with Crippen LogP contribution >= 0.6 is 24.8 Å². The molecular weight excluding hydrogens is 398 g/mol. The van der Waals surface area contributed by atoms with Crippen LogP contribution in [0.2, 0.25) is 18.1 Å². The molecule has 141 valence electrons. The standard InChI is InChI=1S/C13H22OSi.C5H10.2ClH.FH.Ti/c1-10-7-11(14)9-12(8-10)15(5,6)13(2,3)4;1-3-5-4-2;;;;/h7-9,14H,1-6H3;3-4H2,1-2H3;3*1H;/q;;;;;+1/p-1. The van der Waals surface area contributed by atoms with Crippen molar-refractivity contribution in [1.29, 1.82) is 0 Å². The van der Waals surface area contributed by atoms with Crippen molar-refractivity contribution in [1.82, 2.24) is 0 Å². The maximum absolute atomic E-state index is 11.7. The van der Waals surface area contributed by atoms with Crippen molar-refractivity contribution in [2.24, 2.45) is 0 Å². The molecule has 24 heavy (non-hydrogen) atoms. The quantitative estimate of drug-likeness (QED) is 0.564. The number of phenols is 1. The van der Waals surface area contributed by atoms with E-state index in [1.165, 1.54) is 5.19 Å². The largest absolute Gasteiger partial charge is 0.508 e. The van der Waals surface area contributed by atoms with Crippen molar-refractivity contribution in [2.75, 3.05) is 0 Å². The summed E-state index contributed by atoms with van der Waals surface area (Å²) in [5, 5.41) is 11.3. The monoisotopic (exact) mass is 431 g/mol. The van der Waals surface area contributed by atoms with E-state index in [0.29, 0.717) is 10.8 Å². The zero-order chi connectivity index (χ0) is 17.6. The fraction of sp³-hybridized carbons (Fsp3) is 0.611. The molecule has 0 aliphatic heterocycles. The molecule has 0 amide bonds. The number of hydrogen-bond acceptors (Lipinski definition) is 1. The van der Waals surface area contributed by atoms with E-state index in [1.807, 2.05) is 32.9 Å². The summed E-state index contributed by atoms with van der Waals surface area (Å²) >= 11 is -1.15. The summed E-state index contributed by atoms with van der Waals surface area (Å²) in [5.41, 5.74) is 1.15. The molecule has 1 rings (SSSR count). The number of benzene rings is 1. The first kappa shape index (κ1) is 29.1. The molecule has 0 saturated heterocycles. The van der Waals surface area contributed by atoms with E-state index in [-0.39, 0.29) is 24.8 Å². The van der Waals surface area contributed by atoms with Gasteiger partial charge in [-0.2, -0.15) is 0 Å². The van der Waals surface area contributed by atoms with Gasteiger partial charge in [0.15, 0.2) is 0 Å². The van der Waals surface area contributed by atoms with Crippen molar-refractivity contribution >= 4 is 41.9 Å². The Morgan fingerprint density at radius 2 is 1.54 bits per heavy atom. The number of hydrogen-bond donors (Lipinski definition) is 1. The molecule has 1 nitrogen and oxygen atoms in total. The Kier molecular flexibility index (Phi) is 15.3. The van der Waals surface area contributed by atoms with Gasteiger partial charge in [-0.05, 0) is 29.7 Å². The summed E-state index contributed by atoms with van der Waals surface area (Å²) in [6, 6.07) is 5.97. The zero-order valence-electron chi connectivity index (χ0n) is 16.3. The van der Waals surface area contributed by atoms with E-state index in [0.717, 1.165) is 22.2 Å². The van der Waals surface area contributed by atoms with E-state index in [9.17, 15) is 8.20 Å². The Bertz CT molecular complexity index is 488. The van der Waals surface area contributed by atoms with Gasteiger partial charge in [0.25, 0.3) is 0 Å². The molecular formula is C18H34Cl2FOSiTi. The Labute approximate surface area is 170 Å². The number of phenolic OH excluding ortho intramolecular Hbond substituents is 1. The van der Waals surface area contributed by atoms with Crippen LogP contribution in [0.15, 0.2) is 18.2 Å². The van der Waals surface area contributed by atoms with Crippen LogP contribution in [0.3, 0.4) is 0 Å². The molecule has 6 heteroatoms. The van der Waals surface area contributed by atoms with E-state index in [4.69, 9.17) is 0 Å². The second kappa shape index (κ2) is 12.6. The van der Waals surface area contributed by atoms with E-state index < -0.39 is 27.3 Å². The molecule has 0 unspecified atom stereocenters. The number of halogens is 3. The maximum Gasteiger partial charge on any atom is 0.115 e. The van der Waals surface area contributed by atoms with Crippen LogP contribution < -0.4 is 5.19 Å². The van der Waals surface area contributed by atoms with Gasteiger partial charge in [-0.1, -0.05) is 45.1 Å². The SMILES string of the molecule is CC[C](CC)=[Ti][F].Cc1cc(O)cc([Si](C)(C)C(C)(C)C)c1.Cl.Cl. The smallest absolute Gasteiger partial charge is 0.115 e. The molecule has 0 aliphatic rings. The second-order valence-electron chi connectivity index (χ2n) is 7.34. The average molecular weight is 432 g/mol. The van der Waals surface area contributed by atoms with Crippen molar-refractivity contribution in [3.05, 3.63) is 23.8 Å². The second-order valence-corrected chi connectivity index (χ2v) is 14.1. The van der Waals surface area contributed by atoms with Crippen LogP contribution in [0.1, 0.15) is 53.0 Å². The fourth-order valence-corrected chi connectivity index (χ4v) is 4.32. The van der Waals surface area contributed by atoms with E-state index in [1.54, 1.807) is 0 Å². The predicted octanol–water partition coefficient (Wildman–Crippen LogP) is 6.21. The molecule has 1 aromatic carbocycles. The molecule has 0 aromatic heterocycles. The Morgan fingerprint density at radius 3 is 1.79 bits per heavy atom. The summed E-state index contributed by atoms with van der Waals surface area (Å²) in [6.07, 6.45) is 1.90. The normalized spacial score (nSPS) is 10.4. The van der Waals surface area contributed by atoms with Gasteiger partial charge in [-0.15, -0.1) is 24.8 Å². The molecule has 1 N–H and O–H groups in total. The zero-order valence-corrected chi connectivity index (χ0v) is 20.5. The van der Waals surface area contributed by atoms with E-state index >= 15 is 0 Å². The van der Waals surface area contributed by atoms with Crippen LogP contribution in [0.4, 0.5) is 3.09 Å². The minimum Gasteiger partial charge on any atom is -0.508 e. The molecule has 0 radical (unpaired) electrons. The van der Waals surface area contributed by atoms with Gasteiger partial charge < -0.3 is 5.11 Å². The molecule has 0 aliphatic carbocycles. The summed E-state index contributed by atoms with van der Waals surface area (Å²) in [5.74, 6) is 0.398. The van der Waals surface area contributed by atoms with Gasteiger partial charge in [0, 0.05) is 0 Å². The molecule has 0 saturated carbocycles. The molecule has 1 aromatic rings. The molecule has 0 bridgehead atoms. The predicted molar refractivity (Wildman–Crippen MR) is 111 cm³/mol. The number of aromatic hydroxyl groups is 1. The van der Waals surface area contributed by atoms with E-state index in [2.05, 4.69) is 39.9 Å². The Balaban J connectivity index is -0.000000424. The van der Waals surface area contributed by atoms with Gasteiger partial charge in [-0.25, -0.2) is 0 Å². The van der Waals surface area contributed by atoms with Gasteiger partial charge in [0.05, 0.1) is 8.07 Å². The minimum atomic E-state index is -1.50. The van der Waals surface area contributed by atoms with Crippen molar-refractivity contribution in [3.63, 3.8) is 0 Å². The Morgan fingerprint density at radius 1 is 1.08 bits per heavy atom. The molecule has 0 atom stereocenters. The van der Waals surface area contributed by atoms with Crippen molar-refractivity contribution in [2.45, 2.75) is 72.5 Å². The maximum atomic E-state index is 11.7. The van der Waals surface area contributed by atoms with Crippen LogP contribution in [0.25, 0.3) is 0 Å². The summed E-state index contributed by atoms with van der Waals surface area (Å²) in [4.78, 5) is 0. The average Bonchev–Trinajstić information content (AvgIpc) is 2.39. The third-order valence-corrected chi connectivity index (χ3v) is 11.6. The summed E-state index contributed by atoms with van der Waals surface area (Å²) < 4.78 is 12.9. The minimum absolute atomic E-state index is 0. The molecule has 0 fully saturated rings. The van der Waals surface area contributed by atoms with Gasteiger partial charge >= 0.3 is 52.8 Å². The van der Waals surface area contributed by atoms with Crippen LogP contribution in [0, 0.1) is 6.92 Å². The first-order valence-electron chi connectivity index (χ1n) is 8.02. The van der Waals surface area contributed by atoms with Crippen LogP contribution in [0.5, 0.6) is 5.75 Å². The van der Waals surface area contributed by atoms with Crippen LogP contribution in [-0.4, -0.2) is 17.0 Å². The fourth-order valence-electron chi connectivity index (χ4n) is 1.94.